The van der Waals surface area contributed by atoms with Crippen molar-refractivity contribution in [2.45, 2.75) is 0 Å². The molecule has 0 bridgehead atoms. The van der Waals surface area contributed by atoms with Gasteiger partial charge in [0.05, 0.1) is 26.8 Å². The molecule has 0 unspecified atom stereocenters. The van der Waals surface area contributed by atoms with Gasteiger partial charge in [-0.2, -0.15) is 0 Å². The van der Waals surface area contributed by atoms with Gasteiger partial charge in [0, 0.05) is 22.8 Å². The number of aromatic nitrogens is 1. The van der Waals surface area contributed by atoms with Crippen LogP contribution in [-0.2, 0) is 0 Å². The molecule has 0 spiro atoms. The van der Waals surface area contributed by atoms with Gasteiger partial charge in [-0.3, -0.25) is 4.98 Å². The molecule has 0 atom stereocenters. The van der Waals surface area contributed by atoms with Crippen LogP contribution >= 0.6 is 0 Å². The Hall–Kier alpha value is -2.95. The first-order valence-corrected chi connectivity index (χ1v) is 7.12. The number of pyridine rings is 1. The molecule has 23 heavy (non-hydrogen) atoms. The Labute approximate surface area is 134 Å². The van der Waals surface area contributed by atoms with Crippen molar-refractivity contribution >= 4 is 16.6 Å². The van der Waals surface area contributed by atoms with Gasteiger partial charge in [0.15, 0.2) is 11.5 Å². The molecule has 1 aromatic heterocycles. The smallest absolute Gasteiger partial charge is 0.203 e. The molecule has 1 heterocycles. The van der Waals surface area contributed by atoms with E-state index in [-0.39, 0.29) is 0 Å². The van der Waals surface area contributed by atoms with E-state index in [1.807, 2.05) is 36.5 Å². The number of ether oxygens (including phenoxy) is 3. The first-order chi connectivity index (χ1) is 11.2. The zero-order valence-corrected chi connectivity index (χ0v) is 13.3. The molecule has 5 nitrogen and oxygen atoms in total. The third-order valence-electron chi connectivity index (χ3n) is 3.71. The zero-order valence-electron chi connectivity index (χ0n) is 13.3. The van der Waals surface area contributed by atoms with E-state index < -0.39 is 0 Å². The van der Waals surface area contributed by atoms with Crippen molar-refractivity contribution in [1.82, 2.24) is 4.98 Å². The minimum absolute atomic E-state index is 0.570. The molecule has 0 saturated heterocycles. The predicted octanol–water partition coefficient (Wildman–Crippen LogP) is 3.51. The van der Waals surface area contributed by atoms with Gasteiger partial charge in [0.2, 0.25) is 5.75 Å². The largest absolute Gasteiger partial charge is 0.493 e. The number of hydrogen-bond donors (Lipinski definition) is 1. The number of nitrogen functional groups attached to an aromatic ring is 1. The first kappa shape index (κ1) is 15.0. The van der Waals surface area contributed by atoms with Crippen LogP contribution in [0.1, 0.15) is 0 Å². The van der Waals surface area contributed by atoms with E-state index in [0.29, 0.717) is 22.9 Å². The van der Waals surface area contributed by atoms with E-state index in [1.54, 1.807) is 21.3 Å². The molecule has 2 aromatic carbocycles. The number of methoxy groups -OCH3 is 3. The quantitative estimate of drug-likeness (QED) is 0.747. The monoisotopic (exact) mass is 310 g/mol. The van der Waals surface area contributed by atoms with Gasteiger partial charge in [-0.1, -0.05) is 6.07 Å². The Balaban J connectivity index is 2.16. The average Bonchev–Trinajstić information content (AvgIpc) is 2.59. The molecule has 2 N–H and O–H groups in total. The van der Waals surface area contributed by atoms with E-state index in [9.17, 15) is 0 Å². The van der Waals surface area contributed by atoms with Crippen molar-refractivity contribution < 1.29 is 14.2 Å². The maximum atomic E-state index is 5.79. The molecular formula is C18H18N2O3. The van der Waals surface area contributed by atoms with Crippen LogP contribution in [0.2, 0.25) is 0 Å². The lowest BCUT2D eigenvalue weighted by molar-refractivity contribution is 0.324. The van der Waals surface area contributed by atoms with Crippen molar-refractivity contribution in [2.24, 2.45) is 0 Å². The lowest BCUT2D eigenvalue weighted by atomic mass is 10.0. The van der Waals surface area contributed by atoms with Crippen LogP contribution in [0.15, 0.2) is 42.6 Å². The fraction of sp³-hybridized carbons (Fsp3) is 0.167. The van der Waals surface area contributed by atoms with E-state index >= 15 is 0 Å². The Kier molecular flexibility index (Phi) is 3.93. The average molecular weight is 310 g/mol. The van der Waals surface area contributed by atoms with Gasteiger partial charge < -0.3 is 19.9 Å². The topological polar surface area (TPSA) is 66.6 Å². The fourth-order valence-corrected chi connectivity index (χ4v) is 2.54. The lowest BCUT2D eigenvalue weighted by Crippen LogP contribution is -1.96. The van der Waals surface area contributed by atoms with Crippen LogP contribution in [0, 0.1) is 0 Å². The highest BCUT2D eigenvalue weighted by atomic mass is 16.5. The van der Waals surface area contributed by atoms with Crippen molar-refractivity contribution in [3.05, 3.63) is 42.6 Å². The SMILES string of the molecule is COc1cc(-c2cnc3cc(N)ccc3c2)cc(OC)c1OC. The standard InChI is InChI=1S/C18H18N2O3/c1-21-16-7-12(8-17(22-2)18(16)23-3)13-6-11-4-5-14(19)9-15(11)20-10-13/h4-10H,19H2,1-3H3. The molecule has 0 aliphatic rings. The summed E-state index contributed by atoms with van der Waals surface area (Å²) in [5.74, 6) is 1.79. The van der Waals surface area contributed by atoms with Gasteiger partial charge >= 0.3 is 0 Å². The molecule has 0 aliphatic heterocycles. The van der Waals surface area contributed by atoms with Crippen LogP contribution in [0.3, 0.4) is 0 Å². The molecule has 0 saturated carbocycles. The molecule has 0 amide bonds. The second-order valence-corrected chi connectivity index (χ2v) is 5.09. The highest BCUT2D eigenvalue weighted by molar-refractivity contribution is 5.86. The normalized spacial score (nSPS) is 10.6. The van der Waals surface area contributed by atoms with Crippen LogP contribution in [-0.4, -0.2) is 26.3 Å². The van der Waals surface area contributed by atoms with Gasteiger partial charge in [-0.15, -0.1) is 0 Å². The molecule has 118 valence electrons. The summed E-state index contributed by atoms with van der Waals surface area (Å²) in [5.41, 5.74) is 9.25. The number of fused-ring (bicyclic) bond motifs is 1. The van der Waals surface area contributed by atoms with Crippen molar-refractivity contribution in [2.75, 3.05) is 27.1 Å². The Bertz CT molecular complexity index is 837. The fourth-order valence-electron chi connectivity index (χ4n) is 2.54. The Morgan fingerprint density at radius 2 is 1.52 bits per heavy atom. The van der Waals surface area contributed by atoms with Gasteiger partial charge in [0.25, 0.3) is 0 Å². The number of rotatable bonds is 4. The van der Waals surface area contributed by atoms with Crippen LogP contribution in [0.5, 0.6) is 17.2 Å². The number of anilines is 1. The molecule has 0 fully saturated rings. The van der Waals surface area contributed by atoms with Crippen LogP contribution in [0.25, 0.3) is 22.0 Å². The molecular weight excluding hydrogens is 292 g/mol. The molecule has 5 heteroatoms. The van der Waals surface area contributed by atoms with E-state index in [4.69, 9.17) is 19.9 Å². The van der Waals surface area contributed by atoms with Crippen LogP contribution < -0.4 is 19.9 Å². The third kappa shape index (κ3) is 2.73. The number of benzene rings is 2. The molecule has 3 rings (SSSR count). The third-order valence-corrected chi connectivity index (χ3v) is 3.71. The molecule has 0 aliphatic carbocycles. The minimum Gasteiger partial charge on any atom is -0.493 e. The summed E-state index contributed by atoms with van der Waals surface area (Å²) >= 11 is 0. The summed E-state index contributed by atoms with van der Waals surface area (Å²) in [5, 5.41) is 1.02. The van der Waals surface area contributed by atoms with Gasteiger partial charge in [0.1, 0.15) is 0 Å². The molecule has 0 radical (unpaired) electrons. The summed E-state index contributed by atoms with van der Waals surface area (Å²) in [4.78, 5) is 4.48. The summed E-state index contributed by atoms with van der Waals surface area (Å²) < 4.78 is 16.2. The highest BCUT2D eigenvalue weighted by Crippen LogP contribution is 2.41. The van der Waals surface area contributed by atoms with Gasteiger partial charge in [-0.05, 0) is 35.9 Å². The molecule has 3 aromatic rings. The second-order valence-electron chi connectivity index (χ2n) is 5.09. The highest BCUT2D eigenvalue weighted by Gasteiger charge is 2.14. The number of nitrogens with zero attached hydrogens (tertiary/aromatic N) is 1. The minimum atomic E-state index is 0.570. The summed E-state index contributed by atoms with van der Waals surface area (Å²) in [7, 11) is 4.78. The Morgan fingerprint density at radius 1 is 0.826 bits per heavy atom. The number of nitrogens with two attached hydrogens (primary N) is 1. The van der Waals surface area contributed by atoms with Crippen molar-refractivity contribution in [3.63, 3.8) is 0 Å². The first-order valence-electron chi connectivity index (χ1n) is 7.12. The summed E-state index contributed by atoms with van der Waals surface area (Å²) in [6.07, 6.45) is 1.81. The second kappa shape index (κ2) is 6.04. The van der Waals surface area contributed by atoms with Gasteiger partial charge in [-0.25, -0.2) is 0 Å². The predicted molar refractivity (Wildman–Crippen MR) is 91.2 cm³/mol. The summed E-state index contributed by atoms with van der Waals surface area (Å²) in [6.45, 7) is 0. The summed E-state index contributed by atoms with van der Waals surface area (Å²) in [6, 6.07) is 11.5. The van der Waals surface area contributed by atoms with E-state index in [0.717, 1.165) is 22.0 Å². The zero-order chi connectivity index (χ0) is 16.4. The van der Waals surface area contributed by atoms with E-state index in [1.165, 1.54) is 0 Å². The van der Waals surface area contributed by atoms with Crippen LogP contribution in [0.4, 0.5) is 5.69 Å². The van der Waals surface area contributed by atoms with Crippen molar-refractivity contribution in [1.29, 1.82) is 0 Å². The van der Waals surface area contributed by atoms with E-state index in [2.05, 4.69) is 11.1 Å². The van der Waals surface area contributed by atoms with Crippen molar-refractivity contribution in [3.8, 4) is 28.4 Å². The maximum Gasteiger partial charge on any atom is 0.203 e. The maximum absolute atomic E-state index is 5.79. The Morgan fingerprint density at radius 3 is 2.13 bits per heavy atom. The lowest BCUT2D eigenvalue weighted by Gasteiger charge is -2.14. The number of hydrogen-bond acceptors (Lipinski definition) is 5.